The molecular weight excluding hydrogens is 341 g/mol. The average molecular weight is 371 g/mol. The van der Waals surface area contributed by atoms with E-state index in [2.05, 4.69) is 5.32 Å². The summed E-state index contributed by atoms with van der Waals surface area (Å²) in [5.74, 6) is -0.631. The first kappa shape index (κ1) is 19.4. The quantitative estimate of drug-likeness (QED) is 0.745. The maximum atomic E-state index is 15.5. The van der Waals surface area contributed by atoms with Crippen LogP contribution >= 0.6 is 0 Å². The fourth-order valence-electron chi connectivity index (χ4n) is 6.35. The van der Waals surface area contributed by atoms with E-state index >= 15 is 4.39 Å². The Morgan fingerprint density at radius 2 is 1.77 bits per heavy atom. The fourth-order valence-corrected chi connectivity index (χ4v) is 6.35. The van der Waals surface area contributed by atoms with Crippen molar-refractivity contribution in [3.63, 3.8) is 0 Å². The van der Waals surface area contributed by atoms with Crippen molar-refractivity contribution in [2.24, 2.45) is 10.8 Å². The van der Waals surface area contributed by atoms with Crippen molar-refractivity contribution in [1.82, 2.24) is 5.32 Å². The Bertz CT molecular complexity index is 574. The molecule has 0 radical (unpaired) electrons. The lowest BCUT2D eigenvalue weighted by atomic mass is 9.41. The van der Waals surface area contributed by atoms with Gasteiger partial charge in [0.1, 0.15) is 17.3 Å². The molecule has 4 unspecified atom stereocenters. The number of esters is 1. The van der Waals surface area contributed by atoms with Crippen LogP contribution in [0, 0.1) is 10.8 Å². The van der Waals surface area contributed by atoms with Crippen LogP contribution in [0.2, 0.25) is 0 Å². The summed E-state index contributed by atoms with van der Waals surface area (Å²) in [7, 11) is 1.24. The lowest BCUT2D eigenvalue weighted by Gasteiger charge is -2.67. The SMILES string of the molecule is COC(=O)[C@@H](NC(=O)OC(C)(C)C)C12CC3(C)CC(O)(CC(F)(C3)C1)C2. The number of carbonyl (C=O) groups excluding carboxylic acids is 2. The summed E-state index contributed by atoms with van der Waals surface area (Å²) in [6.45, 7) is 7.14. The number of nitrogens with one attached hydrogen (secondary N) is 1. The molecule has 0 aliphatic heterocycles. The van der Waals surface area contributed by atoms with Crippen molar-refractivity contribution in [3.8, 4) is 0 Å². The summed E-state index contributed by atoms with van der Waals surface area (Å²) in [6.07, 6.45) is 1.22. The molecule has 6 nitrogen and oxygen atoms in total. The molecule has 26 heavy (non-hydrogen) atoms. The zero-order valence-corrected chi connectivity index (χ0v) is 16.3. The van der Waals surface area contributed by atoms with Crippen molar-refractivity contribution in [3.05, 3.63) is 0 Å². The molecule has 1 amide bonds. The van der Waals surface area contributed by atoms with Crippen LogP contribution in [0.1, 0.15) is 66.2 Å². The lowest BCUT2D eigenvalue weighted by Crippen LogP contribution is -2.70. The largest absolute Gasteiger partial charge is 0.467 e. The molecule has 5 atom stereocenters. The third-order valence-electron chi connectivity index (χ3n) is 5.98. The molecule has 4 fully saturated rings. The van der Waals surface area contributed by atoms with Crippen LogP contribution in [-0.2, 0) is 14.3 Å². The minimum absolute atomic E-state index is 0.0949. The van der Waals surface area contributed by atoms with E-state index in [0.29, 0.717) is 19.3 Å². The van der Waals surface area contributed by atoms with Gasteiger partial charge >= 0.3 is 12.1 Å². The van der Waals surface area contributed by atoms with Gasteiger partial charge in [-0.3, -0.25) is 0 Å². The number of carbonyl (C=O) groups is 2. The van der Waals surface area contributed by atoms with Crippen LogP contribution in [0.5, 0.6) is 0 Å². The molecule has 0 spiro atoms. The number of alkyl carbamates (subject to hydrolysis) is 1. The van der Waals surface area contributed by atoms with Gasteiger partial charge in [-0.2, -0.15) is 0 Å². The number of methoxy groups -OCH3 is 1. The van der Waals surface area contributed by atoms with Gasteiger partial charge < -0.3 is 19.9 Å². The van der Waals surface area contributed by atoms with Gasteiger partial charge in [0, 0.05) is 11.8 Å². The van der Waals surface area contributed by atoms with Gasteiger partial charge in [0.15, 0.2) is 0 Å². The maximum Gasteiger partial charge on any atom is 0.408 e. The van der Waals surface area contributed by atoms with E-state index in [4.69, 9.17) is 9.47 Å². The summed E-state index contributed by atoms with van der Waals surface area (Å²) in [6, 6.07) is -1.05. The van der Waals surface area contributed by atoms with Crippen molar-refractivity contribution >= 4 is 12.1 Å². The standard InChI is InChI=1S/C19H30FNO5/c1-15(2,3)26-14(23)21-12(13(22)25-5)17-6-16(4)7-18(20,9-17)11-19(24,8-16)10-17/h12,24H,6-11H2,1-5H3,(H,21,23)/t12-,16?,17?,18?,19?/m1/s1. The predicted molar refractivity (Wildman–Crippen MR) is 92.2 cm³/mol. The molecule has 4 saturated carbocycles. The molecule has 4 aliphatic rings. The van der Waals surface area contributed by atoms with E-state index in [1.54, 1.807) is 20.8 Å². The number of hydrogen-bond acceptors (Lipinski definition) is 5. The van der Waals surface area contributed by atoms with Crippen LogP contribution < -0.4 is 5.32 Å². The van der Waals surface area contributed by atoms with Crippen LogP contribution in [0.4, 0.5) is 9.18 Å². The van der Waals surface area contributed by atoms with Crippen LogP contribution in [-0.4, -0.2) is 47.2 Å². The Balaban J connectivity index is 1.94. The van der Waals surface area contributed by atoms with Gasteiger partial charge in [-0.15, -0.1) is 0 Å². The molecule has 7 heteroatoms. The Morgan fingerprint density at radius 1 is 1.12 bits per heavy atom. The van der Waals surface area contributed by atoms with Crippen LogP contribution in [0.25, 0.3) is 0 Å². The molecule has 2 N–H and O–H groups in total. The molecule has 0 aromatic carbocycles. The first-order valence-electron chi connectivity index (χ1n) is 9.20. The Morgan fingerprint density at radius 3 is 2.27 bits per heavy atom. The number of amides is 1. The Kier molecular flexibility index (Phi) is 4.15. The smallest absolute Gasteiger partial charge is 0.408 e. The van der Waals surface area contributed by atoms with Gasteiger partial charge in [-0.1, -0.05) is 6.92 Å². The van der Waals surface area contributed by atoms with Gasteiger partial charge in [0.25, 0.3) is 0 Å². The normalized spacial score (nSPS) is 42.3. The minimum atomic E-state index is -1.53. The third-order valence-corrected chi connectivity index (χ3v) is 5.98. The summed E-state index contributed by atoms with van der Waals surface area (Å²) < 4.78 is 25.7. The van der Waals surface area contributed by atoms with Crippen LogP contribution in [0.15, 0.2) is 0 Å². The molecule has 4 bridgehead atoms. The number of aliphatic hydroxyl groups is 1. The van der Waals surface area contributed by atoms with Gasteiger partial charge in [-0.25, -0.2) is 14.0 Å². The first-order valence-corrected chi connectivity index (χ1v) is 9.20. The molecule has 0 heterocycles. The van der Waals surface area contributed by atoms with Crippen molar-refractivity contribution in [2.45, 2.75) is 89.1 Å². The Labute approximate surface area is 153 Å². The second kappa shape index (κ2) is 5.57. The van der Waals surface area contributed by atoms with Crippen molar-refractivity contribution in [1.29, 1.82) is 0 Å². The maximum absolute atomic E-state index is 15.5. The molecule has 0 aromatic rings. The Hall–Kier alpha value is -1.37. The molecule has 148 valence electrons. The highest BCUT2D eigenvalue weighted by molar-refractivity contribution is 5.82. The van der Waals surface area contributed by atoms with Gasteiger partial charge in [0.05, 0.1) is 12.7 Å². The van der Waals surface area contributed by atoms with Gasteiger partial charge in [-0.05, 0) is 58.3 Å². The summed E-state index contributed by atoms with van der Waals surface area (Å²) in [5, 5.41) is 13.6. The number of rotatable bonds is 3. The average Bonchev–Trinajstić information content (AvgIpc) is 2.36. The zero-order chi connectivity index (χ0) is 19.6. The van der Waals surface area contributed by atoms with Gasteiger partial charge in [0.2, 0.25) is 0 Å². The van der Waals surface area contributed by atoms with E-state index in [0.717, 1.165) is 0 Å². The lowest BCUT2D eigenvalue weighted by molar-refractivity contribution is -0.241. The number of hydrogen-bond donors (Lipinski definition) is 2. The van der Waals surface area contributed by atoms with E-state index in [1.807, 2.05) is 6.92 Å². The number of alkyl halides is 1. The molecule has 0 saturated heterocycles. The van der Waals surface area contributed by atoms with Crippen molar-refractivity contribution < 1.29 is 28.6 Å². The third kappa shape index (κ3) is 3.42. The zero-order valence-electron chi connectivity index (χ0n) is 16.3. The monoisotopic (exact) mass is 371 g/mol. The van der Waals surface area contributed by atoms with E-state index in [1.165, 1.54) is 7.11 Å². The highest BCUT2D eigenvalue weighted by Gasteiger charge is 2.70. The van der Waals surface area contributed by atoms with Crippen LogP contribution in [0.3, 0.4) is 0 Å². The van der Waals surface area contributed by atoms with E-state index < -0.39 is 45.8 Å². The second-order valence-electron chi connectivity index (χ2n) is 10.2. The minimum Gasteiger partial charge on any atom is -0.467 e. The van der Waals surface area contributed by atoms with E-state index in [9.17, 15) is 14.7 Å². The van der Waals surface area contributed by atoms with E-state index in [-0.39, 0.29) is 19.3 Å². The summed E-state index contributed by atoms with van der Waals surface area (Å²) in [4.78, 5) is 24.9. The molecule has 4 rings (SSSR count). The highest BCUT2D eigenvalue weighted by atomic mass is 19.1. The first-order chi connectivity index (χ1) is 11.7. The molecular formula is C19H30FNO5. The summed E-state index contributed by atoms with van der Waals surface area (Å²) >= 11 is 0. The molecule has 0 aromatic heterocycles. The highest BCUT2D eigenvalue weighted by Crippen LogP contribution is 2.69. The number of ether oxygens (including phenoxy) is 2. The molecule has 4 aliphatic carbocycles. The second-order valence-corrected chi connectivity index (χ2v) is 10.2. The summed E-state index contributed by atoms with van der Waals surface area (Å²) in [5.41, 5.74) is -4.69. The fraction of sp³-hybridized carbons (Fsp3) is 0.895. The van der Waals surface area contributed by atoms with Crippen molar-refractivity contribution in [2.75, 3.05) is 7.11 Å². The predicted octanol–water partition coefficient (Wildman–Crippen LogP) is 2.87. The topological polar surface area (TPSA) is 84.9 Å². The number of halogens is 1.